The fourth-order valence-corrected chi connectivity index (χ4v) is 1.29. The van der Waals surface area contributed by atoms with E-state index in [1.165, 1.54) is 0 Å². The Morgan fingerprint density at radius 3 is 2.82 bits per heavy atom. The summed E-state index contributed by atoms with van der Waals surface area (Å²) in [5.41, 5.74) is 5.74. The quantitative estimate of drug-likeness (QED) is 0.578. The normalized spacial score (nSPS) is 23.9. The van der Waals surface area contributed by atoms with Crippen molar-refractivity contribution in [1.82, 2.24) is 0 Å². The fraction of sp³-hybridized carbons (Fsp3) is 0.400. The molecule has 1 rings (SSSR count). The van der Waals surface area contributed by atoms with Gasteiger partial charge in [-0.05, 0) is 6.92 Å². The Morgan fingerprint density at radius 1 is 1.73 bits per heavy atom. The Balaban J connectivity index is 2.81. The monoisotopic (exact) mass is 173 g/mol. The van der Waals surface area contributed by atoms with E-state index in [0.29, 0.717) is 5.71 Å². The molecule has 0 saturated heterocycles. The van der Waals surface area contributed by atoms with Crippen LogP contribution in [0.5, 0.6) is 0 Å². The van der Waals surface area contributed by atoms with Gasteiger partial charge in [0.15, 0.2) is 5.17 Å². The molecule has 1 aliphatic heterocycles. The Labute approximate surface area is 67.4 Å². The molecular weight excluding hydrogens is 166 g/mol. The minimum Gasteiger partial charge on any atom is -0.480 e. The highest BCUT2D eigenvalue weighted by Crippen LogP contribution is 2.17. The molecule has 1 atom stereocenters. The number of thioether (sulfide) groups is 1. The largest absolute Gasteiger partial charge is 0.480 e. The van der Waals surface area contributed by atoms with Gasteiger partial charge in [-0.2, -0.15) is 5.10 Å². The second kappa shape index (κ2) is 2.91. The zero-order valence-electron chi connectivity index (χ0n) is 5.81. The van der Waals surface area contributed by atoms with Crippen molar-refractivity contribution < 1.29 is 9.90 Å². The molecule has 0 aromatic carbocycles. The molecule has 0 bridgehead atoms. The predicted octanol–water partition coefficient (Wildman–Crippen LogP) is -0.123. The second-order valence-electron chi connectivity index (χ2n) is 2.02. The highest BCUT2D eigenvalue weighted by atomic mass is 32.2. The zero-order valence-corrected chi connectivity index (χ0v) is 6.63. The Kier molecular flexibility index (Phi) is 2.13. The SMILES string of the molecule is CC1=NN=C(N)S[C@@H]1C(=O)O. The van der Waals surface area contributed by atoms with E-state index in [9.17, 15) is 4.79 Å². The molecule has 1 aliphatic rings. The lowest BCUT2D eigenvalue weighted by Crippen LogP contribution is -2.30. The minimum atomic E-state index is -0.936. The van der Waals surface area contributed by atoms with Gasteiger partial charge in [0.2, 0.25) is 0 Å². The molecule has 6 heteroatoms. The van der Waals surface area contributed by atoms with Crippen molar-refractivity contribution in [3.63, 3.8) is 0 Å². The Hall–Kier alpha value is -1.04. The number of hydrogen-bond donors (Lipinski definition) is 2. The van der Waals surface area contributed by atoms with Crippen molar-refractivity contribution >= 4 is 28.6 Å². The molecule has 0 aromatic rings. The lowest BCUT2D eigenvalue weighted by atomic mass is 10.3. The highest BCUT2D eigenvalue weighted by Gasteiger charge is 2.25. The topological polar surface area (TPSA) is 88.0 Å². The molecule has 0 aromatic heterocycles. The summed E-state index contributed by atoms with van der Waals surface area (Å²) >= 11 is 1.000. The summed E-state index contributed by atoms with van der Waals surface area (Å²) in [6, 6.07) is 0. The third-order valence-electron chi connectivity index (χ3n) is 1.15. The van der Waals surface area contributed by atoms with E-state index >= 15 is 0 Å². The van der Waals surface area contributed by atoms with Crippen LogP contribution in [0.2, 0.25) is 0 Å². The first-order valence-corrected chi connectivity index (χ1v) is 3.76. The van der Waals surface area contributed by atoms with E-state index in [4.69, 9.17) is 10.8 Å². The van der Waals surface area contributed by atoms with Crippen LogP contribution in [0.4, 0.5) is 0 Å². The van der Waals surface area contributed by atoms with Gasteiger partial charge in [0.25, 0.3) is 0 Å². The maximum absolute atomic E-state index is 10.5. The number of nitrogens with zero attached hydrogens (tertiary/aromatic N) is 2. The number of carboxylic acids is 1. The molecule has 0 amide bonds. The standard InChI is InChI=1S/C5H7N3O2S/c1-2-3(4(9)10)11-5(6)8-7-2/h3H,1H3,(H2,6,8)(H,9,10)/t3-/m0/s1. The van der Waals surface area contributed by atoms with Gasteiger partial charge in [-0.15, -0.1) is 5.10 Å². The average molecular weight is 173 g/mol. The molecule has 0 aliphatic carbocycles. The molecule has 0 unspecified atom stereocenters. The average Bonchev–Trinajstić information content (AvgIpc) is 1.94. The van der Waals surface area contributed by atoms with Crippen LogP contribution in [0, 0.1) is 0 Å². The summed E-state index contributed by atoms with van der Waals surface area (Å²) < 4.78 is 0. The number of amidine groups is 1. The summed E-state index contributed by atoms with van der Waals surface area (Å²) in [5, 5.41) is 15.3. The van der Waals surface area contributed by atoms with E-state index in [1.807, 2.05) is 0 Å². The second-order valence-corrected chi connectivity index (χ2v) is 3.14. The molecule has 11 heavy (non-hydrogen) atoms. The van der Waals surface area contributed by atoms with Gasteiger partial charge in [0.1, 0.15) is 5.25 Å². The van der Waals surface area contributed by atoms with Crippen LogP contribution in [0.3, 0.4) is 0 Å². The van der Waals surface area contributed by atoms with Crippen molar-refractivity contribution in [2.24, 2.45) is 15.9 Å². The first kappa shape index (κ1) is 8.06. The predicted molar refractivity (Wildman–Crippen MR) is 43.7 cm³/mol. The Bertz CT molecular complexity index is 248. The van der Waals surface area contributed by atoms with E-state index < -0.39 is 11.2 Å². The summed E-state index contributed by atoms with van der Waals surface area (Å²) in [4.78, 5) is 10.5. The molecule has 60 valence electrons. The van der Waals surface area contributed by atoms with Crippen molar-refractivity contribution in [1.29, 1.82) is 0 Å². The Morgan fingerprint density at radius 2 is 2.36 bits per heavy atom. The van der Waals surface area contributed by atoms with Crippen LogP contribution < -0.4 is 5.73 Å². The van der Waals surface area contributed by atoms with Gasteiger partial charge < -0.3 is 10.8 Å². The van der Waals surface area contributed by atoms with Crippen molar-refractivity contribution in [3.05, 3.63) is 0 Å². The highest BCUT2D eigenvalue weighted by molar-refractivity contribution is 8.15. The van der Waals surface area contributed by atoms with Gasteiger partial charge in [0, 0.05) is 0 Å². The molecule has 0 saturated carbocycles. The molecule has 0 fully saturated rings. The molecular formula is C5H7N3O2S. The minimum absolute atomic E-state index is 0.197. The summed E-state index contributed by atoms with van der Waals surface area (Å²) in [6.07, 6.45) is 0. The summed E-state index contributed by atoms with van der Waals surface area (Å²) in [6.45, 7) is 1.61. The van der Waals surface area contributed by atoms with Gasteiger partial charge in [-0.3, -0.25) is 4.79 Å². The maximum atomic E-state index is 10.5. The number of carbonyl (C=O) groups is 1. The van der Waals surface area contributed by atoms with Crippen LogP contribution in [-0.4, -0.2) is 27.2 Å². The fourth-order valence-electron chi connectivity index (χ4n) is 0.639. The van der Waals surface area contributed by atoms with E-state index in [2.05, 4.69) is 10.2 Å². The van der Waals surface area contributed by atoms with Crippen LogP contribution in [0.25, 0.3) is 0 Å². The molecule has 3 N–H and O–H groups in total. The number of carboxylic acid groups (broad SMARTS) is 1. The van der Waals surface area contributed by atoms with Crippen LogP contribution in [0.15, 0.2) is 10.2 Å². The number of rotatable bonds is 1. The van der Waals surface area contributed by atoms with Crippen LogP contribution in [0.1, 0.15) is 6.92 Å². The smallest absolute Gasteiger partial charge is 0.322 e. The summed E-state index contributed by atoms with van der Waals surface area (Å²) in [5.74, 6) is -0.936. The number of hydrogen-bond acceptors (Lipinski definition) is 5. The number of nitrogens with two attached hydrogens (primary N) is 1. The molecule has 5 nitrogen and oxygen atoms in total. The third-order valence-corrected chi connectivity index (χ3v) is 2.25. The first-order valence-electron chi connectivity index (χ1n) is 2.88. The lowest BCUT2D eigenvalue weighted by Gasteiger charge is -2.12. The van der Waals surface area contributed by atoms with Crippen LogP contribution >= 0.6 is 11.8 Å². The molecule has 0 spiro atoms. The van der Waals surface area contributed by atoms with Gasteiger partial charge in [0.05, 0.1) is 5.71 Å². The third kappa shape index (κ3) is 1.70. The molecule has 0 radical (unpaired) electrons. The van der Waals surface area contributed by atoms with Crippen molar-refractivity contribution in [3.8, 4) is 0 Å². The maximum Gasteiger partial charge on any atom is 0.322 e. The number of aliphatic carboxylic acids is 1. The van der Waals surface area contributed by atoms with E-state index in [-0.39, 0.29) is 5.17 Å². The summed E-state index contributed by atoms with van der Waals surface area (Å²) in [7, 11) is 0. The van der Waals surface area contributed by atoms with E-state index in [0.717, 1.165) is 11.8 Å². The first-order chi connectivity index (χ1) is 5.11. The van der Waals surface area contributed by atoms with Crippen molar-refractivity contribution in [2.75, 3.05) is 0 Å². The van der Waals surface area contributed by atoms with Gasteiger partial charge >= 0.3 is 5.97 Å². The van der Waals surface area contributed by atoms with Crippen LogP contribution in [-0.2, 0) is 4.79 Å². The lowest BCUT2D eigenvalue weighted by molar-refractivity contribution is -0.135. The van der Waals surface area contributed by atoms with Gasteiger partial charge in [-0.1, -0.05) is 11.8 Å². The van der Waals surface area contributed by atoms with Gasteiger partial charge in [-0.25, -0.2) is 0 Å². The van der Waals surface area contributed by atoms with E-state index in [1.54, 1.807) is 6.92 Å². The zero-order chi connectivity index (χ0) is 8.43. The van der Waals surface area contributed by atoms with Crippen molar-refractivity contribution in [2.45, 2.75) is 12.2 Å². The molecule has 1 heterocycles.